The first-order valence-corrected chi connectivity index (χ1v) is 13.2. The Morgan fingerprint density at radius 1 is 1.20 bits per heavy atom. The van der Waals surface area contributed by atoms with Crippen LogP contribution >= 0.6 is 23.2 Å². The second-order valence-corrected chi connectivity index (χ2v) is 11.2. The zero-order valence-corrected chi connectivity index (χ0v) is 23.5. The first-order chi connectivity index (χ1) is 19.0. The summed E-state index contributed by atoms with van der Waals surface area (Å²) in [4.78, 5) is 35.5. The number of halogens is 2. The van der Waals surface area contributed by atoms with Crippen molar-refractivity contribution in [2.75, 3.05) is 30.9 Å². The topological polar surface area (TPSA) is 133 Å². The molecule has 12 heteroatoms. The molecule has 4 aromatic rings. The fourth-order valence-electron chi connectivity index (χ4n) is 5.14. The molecule has 0 saturated carbocycles. The molecule has 0 amide bonds. The van der Waals surface area contributed by atoms with Crippen LogP contribution in [0.25, 0.3) is 16.6 Å². The number of nitrogen functional groups attached to an aromatic ring is 1. The van der Waals surface area contributed by atoms with E-state index in [-0.39, 0.29) is 40.7 Å². The van der Waals surface area contributed by atoms with E-state index in [1.807, 2.05) is 0 Å². The number of benzene rings is 1. The molecule has 1 atom stereocenters. The molecule has 1 saturated heterocycles. The van der Waals surface area contributed by atoms with Crippen LogP contribution in [0, 0.1) is 5.41 Å². The first kappa shape index (κ1) is 27.5. The summed E-state index contributed by atoms with van der Waals surface area (Å²) in [7, 11) is 1.52. The number of pyridine rings is 3. The van der Waals surface area contributed by atoms with Crippen LogP contribution in [-0.4, -0.2) is 51.9 Å². The number of carboxylic acids is 1. The third-order valence-corrected chi connectivity index (χ3v) is 7.48. The van der Waals surface area contributed by atoms with E-state index >= 15 is 0 Å². The Balaban J connectivity index is 1.61. The zero-order valence-electron chi connectivity index (χ0n) is 22.0. The fourth-order valence-corrected chi connectivity index (χ4v) is 5.57. The number of nitrogens with two attached hydrogens (primary N) is 1. The molecule has 0 aliphatic carbocycles. The van der Waals surface area contributed by atoms with E-state index in [0.29, 0.717) is 39.4 Å². The molecule has 1 fully saturated rings. The van der Waals surface area contributed by atoms with Crippen LogP contribution < -0.4 is 25.5 Å². The van der Waals surface area contributed by atoms with Crippen molar-refractivity contribution < 1.29 is 19.4 Å². The number of aromatic carboxylic acids is 1. The van der Waals surface area contributed by atoms with E-state index in [4.69, 9.17) is 38.4 Å². The quantitative estimate of drug-likeness (QED) is 0.306. The normalized spacial score (nSPS) is 16.3. The van der Waals surface area contributed by atoms with E-state index in [1.54, 1.807) is 34.9 Å². The van der Waals surface area contributed by atoms with Crippen molar-refractivity contribution in [1.29, 1.82) is 0 Å². The number of anilines is 2. The summed E-state index contributed by atoms with van der Waals surface area (Å²) >= 11 is 13.1. The van der Waals surface area contributed by atoms with Gasteiger partial charge < -0.3 is 29.8 Å². The van der Waals surface area contributed by atoms with E-state index in [0.717, 1.165) is 6.42 Å². The average molecular weight is 584 g/mol. The molecule has 3 aromatic heterocycles. The number of nitrogens with zero attached hydrogens (tertiary/aromatic N) is 4. The number of hydrogen-bond donors (Lipinski definition) is 2. The lowest BCUT2D eigenvalue weighted by Crippen LogP contribution is -2.35. The molecule has 1 aliphatic heterocycles. The minimum atomic E-state index is -1.34. The molecule has 0 unspecified atom stereocenters. The Hall–Kier alpha value is -4.02. The lowest BCUT2D eigenvalue weighted by Gasteiger charge is -2.28. The van der Waals surface area contributed by atoms with Gasteiger partial charge in [-0.15, -0.1) is 0 Å². The highest BCUT2D eigenvalue weighted by atomic mass is 35.5. The first-order valence-electron chi connectivity index (χ1n) is 12.4. The van der Waals surface area contributed by atoms with Gasteiger partial charge >= 0.3 is 5.97 Å². The highest BCUT2D eigenvalue weighted by molar-refractivity contribution is 6.34. The standard InChI is InChI=1S/C28H27Cl2N5O5/c1-28(2)11-16(13-40-26-19(29)4-5-24(33-26)39-3)35(14-28)22-10-21-17(9-20(22)30)25(36)18(27(37)38)12-34(21)15-6-7-32-23(31)8-15/h4-10,12,16H,11,13-14H2,1-3H3,(H2,31,32)(H,37,38)/t16-/m1/s1. The van der Waals surface area contributed by atoms with Gasteiger partial charge in [-0.2, -0.15) is 4.98 Å². The van der Waals surface area contributed by atoms with Gasteiger partial charge in [0.2, 0.25) is 17.2 Å². The predicted molar refractivity (Wildman–Crippen MR) is 155 cm³/mol. The van der Waals surface area contributed by atoms with Gasteiger partial charge in [-0.05, 0) is 36.1 Å². The van der Waals surface area contributed by atoms with E-state index in [9.17, 15) is 14.7 Å². The number of aromatic nitrogens is 3. The van der Waals surface area contributed by atoms with Gasteiger partial charge in [-0.1, -0.05) is 37.0 Å². The molecule has 10 nitrogen and oxygen atoms in total. The minimum Gasteiger partial charge on any atom is -0.481 e. The van der Waals surface area contributed by atoms with Gasteiger partial charge in [0.25, 0.3) is 0 Å². The van der Waals surface area contributed by atoms with Crippen LogP contribution in [0.1, 0.15) is 30.6 Å². The van der Waals surface area contributed by atoms with Crippen molar-refractivity contribution in [3.63, 3.8) is 0 Å². The molecule has 3 N–H and O–H groups in total. The lowest BCUT2D eigenvalue weighted by atomic mass is 9.91. The van der Waals surface area contributed by atoms with Crippen LogP contribution in [0.4, 0.5) is 11.5 Å². The Labute approximate surface area is 239 Å². The highest BCUT2D eigenvalue weighted by Gasteiger charge is 2.39. The molecule has 0 radical (unpaired) electrons. The number of hydrogen-bond acceptors (Lipinski definition) is 8. The summed E-state index contributed by atoms with van der Waals surface area (Å²) < 4.78 is 12.9. The van der Waals surface area contributed by atoms with Gasteiger partial charge in [0.1, 0.15) is 23.0 Å². The number of carbonyl (C=O) groups is 1. The largest absolute Gasteiger partial charge is 0.481 e. The maximum Gasteiger partial charge on any atom is 0.341 e. The monoisotopic (exact) mass is 583 g/mol. The van der Waals surface area contributed by atoms with Gasteiger partial charge in [-0.3, -0.25) is 4.79 Å². The number of rotatable bonds is 7. The van der Waals surface area contributed by atoms with Gasteiger partial charge in [0.05, 0.1) is 35.1 Å². The van der Waals surface area contributed by atoms with Gasteiger partial charge in [0, 0.05) is 36.5 Å². The van der Waals surface area contributed by atoms with Crippen molar-refractivity contribution in [2.24, 2.45) is 5.41 Å². The van der Waals surface area contributed by atoms with Crippen molar-refractivity contribution in [1.82, 2.24) is 14.5 Å². The molecule has 0 spiro atoms. The molecule has 4 heterocycles. The van der Waals surface area contributed by atoms with Crippen LogP contribution in [0.3, 0.4) is 0 Å². The Morgan fingerprint density at radius 3 is 2.67 bits per heavy atom. The van der Waals surface area contributed by atoms with Crippen LogP contribution in [0.15, 0.2) is 53.6 Å². The van der Waals surface area contributed by atoms with Crippen molar-refractivity contribution in [2.45, 2.75) is 26.3 Å². The molecular weight excluding hydrogens is 557 g/mol. The minimum absolute atomic E-state index is 0.0791. The van der Waals surface area contributed by atoms with Crippen LogP contribution in [0.5, 0.6) is 11.8 Å². The highest BCUT2D eigenvalue weighted by Crippen LogP contribution is 2.41. The Morgan fingerprint density at radius 2 is 1.98 bits per heavy atom. The van der Waals surface area contributed by atoms with Crippen LogP contribution in [-0.2, 0) is 0 Å². The number of fused-ring (bicyclic) bond motifs is 1. The second kappa shape index (κ2) is 10.5. The zero-order chi connectivity index (χ0) is 28.8. The SMILES string of the molecule is COc1ccc(Cl)c(OC[C@H]2CC(C)(C)CN2c2cc3c(cc2Cl)c(=O)c(C(=O)O)cn3-c2ccnc(N)c2)n1. The Kier molecular flexibility index (Phi) is 7.24. The number of carboxylic acid groups (broad SMARTS) is 1. The fraction of sp³-hybridized carbons (Fsp3) is 0.286. The maximum atomic E-state index is 13.2. The Bertz CT molecular complexity index is 1690. The summed E-state index contributed by atoms with van der Waals surface area (Å²) in [6.07, 6.45) is 3.60. The number of methoxy groups -OCH3 is 1. The maximum absolute atomic E-state index is 13.2. The van der Waals surface area contributed by atoms with E-state index in [1.165, 1.54) is 25.6 Å². The molecule has 40 heavy (non-hydrogen) atoms. The third-order valence-electron chi connectivity index (χ3n) is 6.89. The molecule has 0 bridgehead atoms. The lowest BCUT2D eigenvalue weighted by molar-refractivity contribution is 0.0695. The smallest absolute Gasteiger partial charge is 0.341 e. The van der Waals surface area contributed by atoms with Crippen molar-refractivity contribution >= 4 is 51.6 Å². The summed E-state index contributed by atoms with van der Waals surface area (Å²) in [6.45, 7) is 5.23. The molecule has 208 valence electrons. The predicted octanol–water partition coefficient (Wildman–Crippen LogP) is 5.06. The van der Waals surface area contributed by atoms with Gasteiger partial charge in [0.15, 0.2) is 0 Å². The molecular formula is C28H27Cl2N5O5. The summed E-state index contributed by atoms with van der Waals surface area (Å²) in [5.41, 5.74) is 6.52. The summed E-state index contributed by atoms with van der Waals surface area (Å²) in [5.74, 6) is -0.443. The van der Waals surface area contributed by atoms with Crippen molar-refractivity contribution in [3.8, 4) is 17.4 Å². The second-order valence-electron chi connectivity index (χ2n) is 10.4. The third kappa shape index (κ3) is 5.24. The summed E-state index contributed by atoms with van der Waals surface area (Å²) in [5, 5.41) is 10.6. The molecule has 5 rings (SSSR count). The van der Waals surface area contributed by atoms with Gasteiger partial charge in [-0.25, -0.2) is 9.78 Å². The van der Waals surface area contributed by atoms with Crippen molar-refractivity contribution in [3.05, 3.63) is 74.6 Å². The van der Waals surface area contributed by atoms with Crippen LogP contribution in [0.2, 0.25) is 10.0 Å². The molecule has 1 aliphatic rings. The number of ether oxygens (including phenoxy) is 2. The molecule has 1 aromatic carbocycles. The van der Waals surface area contributed by atoms with E-state index < -0.39 is 11.4 Å². The van der Waals surface area contributed by atoms with E-state index in [2.05, 4.69) is 28.7 Å². The summed E-state index contributed by atoms with van der Waals surface area (Å²) in [6, 6.07) is 9.81. The average Bonchev–Trinajstić information content (AvgIpc) is 3.22.